The van der Waals surface area contributed by atoms with E-state index in [1.807, 2.05) is 0 Å². The number of carbonyl (C=O) groups is 1. The summed E-state index contributed by atoms with van der Waals surface area (Å²) in [7, 11) is -0.767. The highest BCUT2D eigenvalue weighted by Crippen LogP contribution is 2.46. The second-order valence-electron chi connectivity index (χ2n) is 4.62. The Morgan fingerprint density at radius 3 is 2.17 bits per heavy atom. The van der Waals surface area contributed by atoms with Crippen molar-refractivity contribution in [3.8, 4) is 0 Å². The van der Waals surface area contributed by atoms with Gasteiger partial charge in [-0.25, -0.2) is 0 Å². The van der Waals surface area contributed by atoms with Crippen LogP contribution < -0.4 is 0 Å². The highest BCUT2D eigenvalue weighted by Gasteiger charge is 2.35. The van der Waals surface area contributed by atoms with Gasteiger partial charge >= 0.3 is 7.60 Å². The third-order valence-electron chi connectivity index (χ3n) is 2.78. The molecule has 0 aliphatic carbocycles. The van der Waals surface area contributed by atoms with Crippen molar-refractivity contribution in [1.29, 1.82) is 0 Å². The summed E-state index contributed by atoms with van der Waals surface area (Å²) >= 11 is 0. The molecule has 0 radical (unpaired) electrons. The molecule has 0 spiro atoms. The van der Waals surface area contributed by atoms with E-state index in [1.165, 1.54) is 14.2 Å². The van der Waals surface area contributed by atoms with E-state index in [9.17, 15) is 9.36 Å². The average Bonchev–Trinajstić information content (AvgIpc) is 2.34. The van der Waals surface area contributed by atoms with Gasteiger partial charge in [0.05, 0.1) is 0 Å². The lowest BCUT2D eigenvalue weighted by Crippen LogP contribution is -2.37. The third-order valence-corrected chi connectivity index (χ3v) is 4.56. The SMILES string of the molecule is CCCCCOC(C)(C)C(=O)CP(=O)(OC)OC. The molecule has 0 unspecified atom stereocenters. The van der Waals surface area contributed by atoms with Gasteiger partial charge in [-0.1, -0.05) is 19.8 Å². The van der Waals surface area contributed by atoms with Gasteiger partial charge < -0.3 is 13.8 Å². The molecule has 0 aliphatic rings. The highest BCUT2D eigenvalue weighted by atomic mass is 31.2. The van der Waals surface area contributed by atoms with Gasteiger partial charge in [0, 0.05) is 20.8 Å². The third kappa shape index (κ3) is 6.10. The largest absolute Gasteiger partial charge is 0.368 e. The van der Waals surface area contributed by atoms with Crippen molar-refractivity contribution in [3.63, 3.8) is 0 Å². The quantitative estimate of drug-likeness (QED) is 0.454. The van der Waals surface area contributed by atoms with E-state index in [2.05, 4.69) is 6.92 Å². The van der Waals surface area contributed by atoms with Crippen molar-refractivity contribution in [1.82, 2.24) is 0 Å². The maximum atomic E-state index is 12.0. The fraction of sp³-hybridized carbons (Fsp3) is 0.917. The van der Waals surface area contributed by atoms with Gasteiger partial charge in [-0.2, -0.15) is 0 Å². The van der Waals surface area contributed by atoms with Crippen LogP contribution in [0, 0.1) is 0 Å². The molecule has 0 saturated carbocycles. The van der Waals surface area contributed by atoms with Crippen LogP contribution in [0.15, 0.2) is 0 Å². The monoisotopic (exact) mass is 280 g/mol. The van der Waals surface area contributed by atoms with Gasteiger partial charge in [-0.3, -0.25) is 9.36 Å². The number of Topliss-reactive ketones (excluding diaryl/α,β-unsaturated/α-hetero) is 1. The number of ether oxygens (including phenoxy) is 1. The molecule has 0 rings (SSSR count). The normalized spacial score (nSPS) is 12.7. The van der Waals surface area contributed by atoms with E-state index in [4.69, 9.17) is 13.8 Å². The summed E-state index contributed by atoms with van der Waals surface area (Å²) in [4.78, 5) is 12.0. The highest BCUT2D eigenvalue weighted by molar-refractivity contribution is 7.54. The fourth-order valence-electron chi connectivity index (χ4n) is 1.33. The zero-order valence-corrected chi connectivity index (χ0v) is 12.9. The number of rotatable bonds is 10. The van der Waals surface area contributed by atoms with Crippen LogP contribution in [0.4, 0.5) is 0 Å². The van der Waals surface area contributed by atoms with E-state index in [0.717, 1.165) is 19.3 Å². The number of hydrogen-bond donors (Lipinski definition) is 0. The summed E-state index contributed by atoms with van der Waals surface area (Å²) in [6.45, 7) is 5.98. The second kappa shape index (κ2) is 8.05. The van der Waals surface area contributed by atoms with Gasteiger partial charge in [0.1, 0.15) is 11.8 Å². The summed E-state index contributed by atoms with van der Waals surface area (Å²) in [6.07, 6.45) is 2.82. The summed E-state index contributed by atoms with van der Waals surface area (Å²) in [6, 6.07) is 0. The van der Waals surface area contributed by atoms with Crippen LogP contribution >= 0.6 is 7.60 Å². The van der Waals surface area contributed by atoms with E-state index in [1.54, 1.807) is 13.8 Å². The van der Waals surface area contributed by atoms with Crippen molar-refractivity contribution >= 4 is 13.4 Å². The van der Waals surface area contributed by atoms with Crippen LogP contribution in [0.25, 0.3) is 0 Å². The molecule has 0 atom stereocenters. The van der Waals surface area contributed by atoms with Crippen LogP contribution in [0.2, 0.25) is 0 Å². The summed E-state index contributed by atoms with van der Waals surface area (Å²) in [5.41, 5.74) is -0.958. The minimum atomic E-state index is -3.31. The molecular formula is C12H25O5P. The molecule has 0 heterocycles. The molecule has 0 aromatic carbocycles. The Kier molecular flexibility index (Phi) is 7.95. The molecule has 0 aromatic rings. The van der Waals surface area contributed by atoms with Crippen LogP contribution in [0.3, 0.4) is 0 Å². The standard InChI is InChI=1S/C12H25O5P/c1-6-7-8-9-17-12(2,3)11(13)10-18(14,15-4)16-5/h6-10H2,1-5H3. The van der Waals surface area contributed by atoms with Crippen LogP contribution in [-0.2, 0) is 23.1 Å². The molecule has 0 aliphatic heterocycles. The van der Waals surface area contributed by atoms with Gasteiger partial charge in [0.2, 0.25) is 0 Å². The Balaban J connectivity index is 4.33. The molecular weight excluding hydrogens is 255 g/mol. The van der Waals surface area contributed by atoms with Gasteiger partial charge in [-0.15, -0.1) is 0 Å². The van der Waals surface area contributed by atoms with Crippen molar-refractivity contribution in [3.05, 3.63) is 0 Å². The number of hydrogen-bond acceptors (Lipinski definition) is 5. The summed E-state index contributed by atoms with van der Waals surface area (Å²) < 4.78 is 26.9. The predicted octanol–water partition coefficient (Wildman–Crippen LogP) is 3.03. The number of carbonyl (C=O) groups excluding carboxylic acids is 1. The molecule has 6 heteroatoms. The number of unbranched alkanes of at least 4 members (excludes halogenated alkanes) is 2. The van der Waals surface area contributed by atoms with Crippen LogP contribution in [0.1, 0.15) is 40.0 Å². The average molecular weight is 280 g/mol. The maximum Gasteiger partial charge on any atom is 0.337 e. The van der Waals surface area contributed by atoms with Crippen molar-refractivity contribution < 1.29 is 23.1 Å². The Bertz CT molecular complexity index is 293. The summed E-state index contributed by atoms with van der Waals surface area (Å²) in [5.74, 6) is -0.272. The lowest BCUT2D eigenvalue weighted by molar-refractivity contribution is -0.138. The molecule has 0 fully saturated rings. The first-order valence-corrected chi connectivity index (χ1v) is 7.92. The second-order valence-corrected chi connectivity index (χ2v) is 6.89. The zero-order chi connectivity index (χ0) is 14.2. The first kappa shape index (κ1) is 17.8. The van der Waals surface area contributed by atoms with Gasteiger partial charge in [0.25, 0.3) is 0 Å². The molecule has 0 bridgehead atoms. The zero-order valence-electron chi connectivity index (χ0n) is 12.0. The maximum absolute atomic E-state index is 12.0. The Labute approximate surface area is 110 Å². The van der Waals surface area contributed by atoms with Crippen LogP contribution in [-0.4, -0.2) is 38.4 Å². The lowest BCUT2D eigenvalue weighted by Gasteiger charge is -2.25. The first-order valence-electron chi connectivity index (χ1n) is 6.19. The van der Waals surface area contributed by atoms with E-state index < -0.39 is 13.2 Å². The molecule has 0 amide bonds. The lowest BCUT2D eigenvalue weighted by atomic mass is 10.1. The molecule has 0 N–H and O–H groups in total. The predicted molar refractivity (Wildman–Crippen MR) is 71.1 cm³/mol. The Hall–Kier alpha value is -0.220. The van der Waals surface area contributed by atoms with Crippen LogP contribution in [0.5, 0.6) is 0 Å². The van der Waals surface area contributed by atoms with Gasteiger partial charge in [0.15, 0.2) is 5.78 Å². The van der Waals surface area contributed by atoms with E-state index in [0.29, 0.717) is 6.61 Å². The molecule has 108 valence electrons. The first-order chi connectivity index (χ1) is 8.31. The molecule has 5 nitrogen and oxygen atoms in total. The molecule has 18 heavy (non-hydrogen) atoms. The fourth-order valence-corrected chi connectivity index (χ4v) is 2.47. The molecule has 0 saturated heterocycles. The topological polar surface area (TPSA) is 61.8 Å². The van der Waals surface area contributed by atoms with Crippen molar-refractivity contribution in [2.24, 2.45) is 0 Å². The van der Waals surface area contributed by atoms with Crippen molar-refractivity contribution in [2.75, 3.05) is 27.0 Å². The van der Waals surface area contributed by atoms with Gasteiger partial charge in [-0.05, 0) is 20.3 Å². The van der Waals surface area contributed by atoms with Crippen molar-refractivity contribution in [2.45, 2.75) is 45.6 Å². The minimum Gasteiger partial charge on any atom is -0.368 e. The molecule has 0 aromatic heterocycles. The van der Waals surface area contributed by atoms with E-state index in [-0.39, 0.29) is 11.9 Å². The minimum absolute atomic E-state index is 0.263. The Morgan fingerprint density at radius 2 is 1.72 bits per heavy atom. The smallest absolute Gasteiger partial charge is 0.337 e. The number of ketones is 1. The summed E-state index contributed by atoms with van der Waals surface area (Å²) in [5, 5.41) is 0. The van der Waals surface area contributed by atoms with E-state index >= 15 is 0 Å². The Morgan fingerprint density at radius 1 is 1.17 bits per heavy atom.